The van der Waals surface area contributed by atoms with Crippen LogP contribution in [0.1, 0.15) is 17.0 Å². The highest BCUT2D eigenvalue weighted by atomic mass is 15.1. The van der Waals surface area contributed by atoms with Crippen LogP contribution >= 0.6 is 0 Å². The molecule has 3 rings (SSSR count). The lowest BCUT2D eigenvalue weighted by molar-refractivity contribution is 0.781. The average molecular weight is 251 g/mol. The molecule has 0 amide bonds. The van der Waals surface area contributed by atoms with Gasteiger partial charge in [0.25, 0.3) is 0 Å². The highest BCUT2D eigenvalue weighted by Crippen LogP contribution is 2.23. The summed E-state index contributed by atoms with van der Waals surface area (Å²) in [4.78, 5) is 4.58. The van der Waals surface area contributed by atoms with Crippen LogP contribution in [0, 0.1) is 13.8 Å². The number of nitrogens with zero attached hydrogens (tertiary/aromatic N) is 2. The van der Waals surface area contributed by atoms with Crippen molar-refractivity contribution in [2.45, 2.75) is 20.4 Å². The quantitative estimate of drug-likeness (QED) is 0.710. The first-order valence-electron chi connectivity index (χ1n) is 6.42. The molecule has 0 unspecified atom stereocenters. The van der Waals surface area contributed by atoms with E-state index < -0.39 is 0 Å². The maximum absolute atomic E-state index is 5.99. The number of aryl methyl sites for hydroxylation is 2. The minimum atomic E-state index is 0.740. The number of benzene rings is 2. The molecule has 0 radical (unpaired) electrons. The predicted molar refractivity (Wildman–Crippen MR) is 79.2 cm³/mol. The second kappa shape index (κ2) is 4.43. The summed E-state index contributed by atoms with van der Waals surface area (Å²) in [5.74, 6) is 0.996. The summed E-state index contributed by atoms with van der Waals surface area (Å²) in [7, 11) is 0. The number of hydrogen-bond donors (Lipinski definition) is 1. The van der Waals surface area contributed by atoms with Gasteiger partial charge < -0.3 is 10.3 Å². The van der Waals surface area contributed by atoms with Crippen molar-refractivity contribution in [3.63, 3.8) is 0 Å². The molecule has 3 heteroatoms. The van der Waals surface area contributed by atoms with Crippen molar-refractivity contribution < 1.29 is 0 Å². The van der Waals surface area contributed by atoms with Crippen LogP contribution in [-0.2, 0) is 6.54 Å². The molecule has 1 heterocycles. The summed E-state index contributed by atoms with van der Waals surface area (Å²) >= 11 is 0. The molecule has 0 fully saturated rings. The number of fused-ring (bicyclic) bond motifs is 1. The van der Waals surface area contributed by atoms with Crippen LogP contribution in [0.5, 0.6) is 0 Å². The van der Waals surface area contributed by atoms with E-state index in [-0.39, 0.29) is 0 Å². The Balaban J connectivity index is 2.13. The van der Waals surface area contributed by atoms with Gasteiger partial charge in [-0.15, -0.1) is 0 Å². The molecular formula is C16H17N3. The van der Waals surface area contributed by atoms with Gasteiger partial charge in [-0.3, -0.25) is 0 Å². The van der Waals surface area contributed by atoms with Gasteiger partial charge >= 0.3 is 0 Å². The first-order valence-corrected chi connectivity index (χ1v) is 6.42. The van der Waals surface area contributed by atoms with E-state index in [0.717, 1.165) is 29.1 Å². The van der Waals surface area contributed by atoms with Crippen molar-refractivity contribution in [2.75, 3.05) is 5.73 Å². The Morgan fingerprint density at radius 3 is 2.63 bits per heavy atom. The molecule has 0 spiro atoms. The number of anilines is 1. The van der Waals surface area contributed by atoms with Gasteiger partial charge in [-0.05, 0) is 37.1 Å². The van der Waals surface area contributed by atoms with E-state index in [9.17, 15) is 0 Å². The van der Waals surface area contributed by atoms with Gasteiger partial charge in [0, 0.05) is 6.54 Å². The van der Waals surface area contributed by atoms with E-state index in [1.165, 1.54) is 11.1 Å². The summed E-state index contributed by atoms with van der Waals surface area (Å²) < 4.78 is 2.22. The molecular weight excluding hydrogens is 234 g/mol. The molecule has 0 aliphatic heterocycles. The van der Waals surface area contributed by atoms with E-state index in [4.69, 9.17) is 5.73 Å². The first kappa shape index (κ1) is 11.8. The van der Waals surface area contributed by atoms with Crippen molar-refractivity contribution in [3.05, 3.63) is 59.4 Å². The summed E-state index contributed by atoms with van der Waals surface area (Å²) in [6.45, 7) is 4.99. The molecule has 2 aromatic carbocycles. The fourth-order valence-corrected chi connectivity index (χ4v) is 2.44. The third-order valence-electron chi connectivity index (χ3n) is 3.59. The van der Waals surface area contributed by atoms with Gasteiger partial charge in [-0.25, -0.2) is 4.98 Å². The van der Waals surface area contributed by atoms with Crippen molar-refractivity contribution >= 4 is 16.7 Å². The molecule has 1 aromatic heterocycles. The zero-order chi connectivity index (χ0) is 13.4. The van der Waals surface area contributed by atoms with Crippen LogP contribution in [-0.4, -0.2) is 9.55 Å². The van der Waals surface area contributed by atoms with Gasteiger partial charge in [0.05, 0.1) is 11.2 Å². The Bertz CT molecular complexity index is 741. The van der Waals surface area contributed by atoms with Crippen LogP contribution in [0.2, 0.25) is 0 Å². The second-order valence-corrected chi connectivity index (χ2v) is 4.89. The first-order chi connectivity index (χ1) is 9.16. The third kappa shape index (κ3) is 1.97. The highest BCUT2D eigenvalue weighted by Gasteiger charge is 2.10. The Morgan fingerprint density at radius 1 is 1.05 bits per heavy atom. The number of rotatable bonds is 2. The van der Waals surface area contributed by atoms with Gasteiger partial charge in [-0.1, -0.05) is 30.3 Å². The number of nitrogens with two attached hydrogens (primary N) is 1. The molecule has 96 valence electrons. The molecule has 3 aromatic rings. The highest BCUT2D eigenvalue weighted by molar-refractivity contribution is 5.87. The maximum atomic E-state index is 5.99. The largest absolute Gasteiger partial charge is 0.397 e. The lowest BCUT2D eigenvalue weighted by Crippen LogP contribution is -2.03. The minimum absolute atomic E-state index is 0.740. The number of nitrogen functional groups attached to an aromatic ring is 1. The van der Waals surface area contributed by atoms with E-state index in [1.807, 2.05) is 19.1 Å². The topological polar surface area (TPSA) is 43.8 Å². The summed E-state index contributed by atoms with van der Waals surface area (Å²) in [5, 5.41) is 0. The normalized spacial score (nSPS) is 11.1. The number of hydrogen-bond acceptors (Lipinski definition) is 2. The summed E-state index contributed by atoms with van der Waals surface area (Å²) in [6.07, 6.45) is 0. The smallest absolute Gasteiger partial charge is 0.112 e. The fourth-order valence-electron chi connectivity index (χ4n) is 2.44. The molecule has 0 aliphatic carbocycles. The molecule has 0 saturated carbocycles. The summed E-state index contributed by atoms with van der Waals surface area (Å²) in [6, 6.07) is 14.4. The number of aromatic nitrogens is 2. The molecule has 2 N–H and O–H groups in total. The van der Waals surface area contributed by atoms with Crippen molar-refractivity contribution in [1.82, 2.24) is 9.55 Å². The predicted octanol–water partition coefficient (Wildman–Crippen LogP) is 3.28. The van der Waals surface area contributed by atoms with Crippen molar-refractivity contribution in [1.29, 1.82) is 0 Å². The van der Waals surface area contributed by atoms with Gasteiger partial charge in [0.15, 0.2) is 0 Å². The van der Waals surface area contributed by atoms with Gasteiger partial charge in [0.2, 0.25) is 0 Å². The van der Waals surface area contributed by atoms with Gasteiger partial charge in [0.1, 0.15) is 11.3 Å². The van der Waals surface area contributed by atoms with E-state index in [0.29, 0.717) is 0 Å². The molecule has 19 heavy (non-hydrogen) atoms. The van der Waals surface area contributed by atoms with Crippen LogP contribution in [0.15, 0.2) is 42.5 Å². The lowest BCUT2D eigenvalue weighted by atomic mass is 10.1. The molecule has 0 saturated heterocycles. The number of para-hydroxylation sites is 1. The van der Waals surface area contributed by atoms with Crippen LogP contribution in [0.4, 0.5) is 5.69 Å². The zero-order valence-corrected chi connectivity index (χ0v) is 11.2. The lowest BCUT2D eigenvalue weighted by Gasteiger charge is -2.09. The van der Waals surface area contributed by atoms with Crippen molar-refractivity contribution in [2.24, 2.45) is 0 Å². The minimum Gasteiger partial charge on any atom is -0.397 e. The average Bonchev–Trinajstić information content (AvgIpc) is 2.71. The van der Waals surface area contributed by atoms with E-state index >= 15 is 0 Å². The zero-order valence-electron chi connectivity index (χ0n) is 11.2. The molecule has 0 aliphatic rings. The maximum Gasteiger partial charge on any atom is 0.112 e. The SMILES string of the molecule is Cc1ccccc1Cn1c(C)nc2c(N)cccc21. The monoisotopic (exact) mass is 251 g/mol. The standard InChI is InChI=1S/C16H17N3/c1-11-6-3-4-7-13(11)10-19-12(2)18-16-14(17)8-5-9-15(16)19/h3-9H,10,17H2,1-2H3. The number of imidazole rings is 1. The Kier molecular flexibility index (Phi) is 2.75. The summed E-state index contributed by atoms with van der Waals surface area (Å²) in [5.41, 5.74) is 11.3. The molecule has 0 atom stereocenters. The molecule has 3 nitrogen and oxygen atoms in total. The third-order valence-corrected chi connectivity index (χ3v) is 3.59. The van der Waals surface area contributed by atoms with Crippen LogP contribution < -0.4 is 5.73 Å². The van der Waals surface area contributed by atoms with E-state index in [1.54, 1.807) is 0 Å². The fraction of sp³-hybridized carbons (Fsp3) is 0.188. The molecule has 0 bridgehead atoms. The van der Waals surface area contributed by atoms with E-state index in [2.05, 4.69) is 46.8 Å². The van der Waals surface area contributed by atoms with Crippen LogP contribution in [0.25, 0.3) is 11.0 Å². The Labute approximate surface area is 112 Å². The second-order valence-electron chi connectivity index (χ2n) is 4.89. The van der Waals surface area contributed by atoms with Crippen molar-refractivity contribution in [3.8, 4) is 0 Å². The van der Waals surface area contributed by atoms with Crippen LogP contribution in [0.3, 0.4) is 0 Å². The van der Waals surface area contributed by atoms with Gasteiger partial charge in [-0.2, -0.15) is 0 Å². The Hall–Kier alpha value is -2.29. The Morgan fingerprint density at radius 2 is 1.84 bits per heavy atom.